The van der Waals surface area contributed by atoms with E-state index in [1.807, 2.05) is 6.07 Å². The van der Waals surface area contributed by atoms with E-state index in [1.165, 1.54) is 4.90 Å². The predicted molar refractivity (Wildman–Crippen MR) is 147 cm³/mol. The zero-order chi connectivity index (χ0) is 29.2. The molecule has 1 aliphatic carbocycles. The second-order valence-electron chi connectivity index (χ2n) is 12.2. The first-order valence-corrected chi connectivity index (χ1v) is 14.2. The van der Waals surface area contributed by atoms with Crippen molar-refractivity contribution >= 4 is 23.9 Å². The Morgan fingerprint density at radius 2 is 2.02 bits per heavy atom. The molecule has 41 heavy (non-hydrogen) atoms. The summed E-state index contributed by atoms with van der Waals surface area (Å²) in [5, 5.41) is 31.9. The fourth-order valence-corrected chi connectivity index (χ4v) is 6.91. The molecular weight excluding hydrogens is 532 g/mol. The number of para-hydroxylation sites is 1. The van der Waals surface area contributed by atoms with Gasteiger partial charge in [-0.25, -0.2) is 15.1 Å². The first-order chi connectivity index (χ1) is 19.4. The summed E-state index contributed by atoms with van der Waals surface area (Å²) in [6.07, 6.45) is 3.85. The number of aliphatic imine (C=N–C) groups is 1. The average molecular weight is 572 g/mol. The van der Waals surface area contributed by atoms with Crippen LogP contribution in [0.2, 0.25) is 0 Å². The Morgan fingerprint density at radius 1 is 1.27 bits per heavy atom. The molecule has 14 nitrogen and oxygen atoms in total. The maximum absolute atomic E-state index is 13.6. The van der Waals surface area contributed by atoms with Gasteiger partial charge in [0, 0.05) is 12.1 Å². The summed E-state index contributed by atoms with van der Waals surface area (Å²) in [7, 11) is 0. The van der Waals surface area contributed by atoms with Crippen LogP contribution in [0.3, 0.4) is 0 Å². The molecule has 1 aromatic rings. The van der Waals surface area contributed by atoms with Gasteiger partial charge in [0.25, 0.3) is 11.6 Å². The van der Waals surface area contributed by atoms with Crippen LogP contribution >= 0.6 is 0 Å². The van der Waals surface area contributed by atoms with E-state index in [1.54, 1.807) is 12.1 Å². The lowest BCUT2D eigenvalue weighted by Gasteiger charge is -2.46. The van der Waals surface area contributed by atoms with Gasteiger partial charge in [-0.1, -0.05) is 26.0 Å². The Balaban J connectivity index is 1.23. The number of benzene rings is 1. The van der Waals surface area contributed by atoms with E-state index in [9.17, 15) is 19.8 Å². The van der Waals surface area contributed by atoms with Crippen LogP contribution < -0.4 is 37.1 Å². The quantitative estimate of drug-likeness (QED) is 0.171. The van der Waals surface area contributed by atoms with E-state index in [4.69, 9.17) is 20.9 Å². The van der Waals surface area contributed by atoms with E-state index in [0.717, 1.165) is 37.7 Å². The molecular formula is C27H39N8O6+. The minimum absolute atomic E-state index is 0.00481. The minimum Gasteiger partial charge on any atom is -0.492 e. The molecule has 222 valence electrons. The highest BCUT2D eigenvalue weighted by molar-refractivity contribution is 5.98. The molecule has 10 N–H and O–H groups in total. The van der Waals surface area contributed by atoms with Crippen molar-refractivity contribution in [3.63, 3.8) is 0 Å². The van der Waals surface area contributed by atoms with Crippen molar-refractivity contribution < 1.29 is 34.3 Å². The Bertz CT molecular complexity index is 1310. The van der Waals surface area contributed by atoms with Crippen molar-refractivity contribution in [1.29, 1.82) is 0 Å². The number of guanidine groups is 2. The van der Waals surface area contributed by atoms with E-state index in [-0.39, 0.29) is 36.5 Å². The van der Waals surface area contributed by atoms with Gasteiger partial charge in [0.15, 0.2) is 12.0 Å². The number of nitrogens with two attached hydrogens (primary N) is 2. The fraction of sp³-hybridized carbons (Fsp3) is 0.630. The van der Waals surface area contributed by atoms with Crippen LogP contribution in [0.15, 0.2) is 23.2 Å². The number of nitrogens with one attached hydrogen (secondary N) is 4. The smallest absolute Gasteiger partial charge is 0.407 e. The van der Waals surface area contributed by atoms with Crippen molar-refractivity contribution in [2.45, 2.75) is 87.0 Å². The topological polar surface area (TPSA) is 211 Å². The molecule has 2 amide bonds. The van der Waals surface area contributed by atoms with E-state index >= 15 is 0 Å². The lowest BCUT2D eigenvalue weighted by Crippen LogP contribution is -2.90. The molecule has 4 heterocycles. The van der Waals surface area contributed by atoms with Gasteiger partial charge in [-0.15, -0.1) is 0 Å². The van der Waals surface area contributed by atoms with Crippen LogP contribution in [0.4, 0.5) is 4.79 Å². The van der Waals surface area contributed by atoms with Crippen LogP contribution in [0, 0.1) is 0 Å². The van der Waals surface area contributed by atoms with Crippen molar-refractivity contribution in [2.24, 2.45) is 16.5 Å². The number of aliphatic hydroxyl groups is 2. The number of nitrogens with zero attached hydrogens (tertiary/aromatic N) is 2. The summed E-state index contributed by atoms with van der Waals surface area (Å²) in [5.74, 6) is -2.51. The summed E-state index contributed by atoms with van der Waals surface area (Å²) in [6.45, 7) is 4.59. The van der Waals surface area contributed by atoms with Gasteiger partial charge in [0.05, 0.1) is 18.7 Å². The fourth-order valence-electron chi connectivity index (χ4n) is 6.91. The van der Waals surface area contributed by atoms with Gasteiger partial charge in [-0.05, 0) is 43.6 Å². The Labute approximate surface area is 237 Å². The Kier molecular flexibility index (Phi) is 6.45. The number of alkyl carbamates (subject to hydrolysis) is 1. The maximum atomic E-state index is 13.6. The van der Waals surface area contributed by atoms with Gasteiger partial charge < -0.3 is 36.1 Å². The summed E-state index contributed by atoms with van der Waals surface area (Å²) in [4.78, 5) is 35.1. The third kappa shape index (κ3) is 4.31. The van der Waals surface area contributed by atoms with E-state index < -0.39 is 41.6 Å². The highest BCUT2D eigenvalue weighted by atomic mass is 16.6. The Hall–Kier alpha value is -3.78. The molecule has 4 aliphatic heterocycles. The van der Waals surface area contributed by atoms with Crippen molar-refractivity contribution in [2.75, 3.05) is 19.7 Å². The van der Waals surface area contributed by atoms with Crippen LogP contribution in [0.5, 0.6) is 5.75 Å². The molecule has 0 aromatic heterocycles. The molecule has 14 heteroatoms. The second kappa shape index (κ2) is 9.65. The van der Waals surface area contributed by atoms with Crippen molar-refractivity contribution in [1.82, 2.24) is 20.9 Å². The van der Waals surface area contributed by atoms with Crippen molar-refractivity contribution in [3.05, 3.63) is 29.3 Å². The third-order valence-electron chi connectivity index (χ3n) is 9.18. The average Bonchev–Trinajstić information content (AvgIpc) is 3.60. The van der Waals surface area contributed by atoms with Gasteiger partial charge in [-0.2, -0.15) is 0 Å². The first kappa shape index (κ1) is 27.4. The second-order valence-corrected chi connectivity index (χ2v) is 12.2. The number of carbonyl (C=O) groups is 2. The number of fused-ring (bicyclic) bond motifs is 1. The minimum atomic E-state index is -2.57. The standard InChI is InChI=1S/C27H38N8O6/c1-25(2)10-11-40-19-15(8-5-9-16(19)25)21(36)32-18-13-35-23(29)31-17(12-30-24(37)41-14-6-3-4-7-14)20-26(35,27(18,38)39)34-22(28)33-20/h5,8-9,14,17-18,20,38-39H,3-4,6-7,10-13H2,1-2H3,(H2,29,31)(H,30,37)(H,32,36)(H3,28,33,34)/p+1/t17-,18?,20-,26?/m0/s1. The van der Waals surface area contributed by atoms with Gasteiger partial charge >= 0.3 is 12.1 Å². The molecule has 2 fully saturated rings. The monoisotopic (exact) mass is 571 g/mol. The summed E-state index contributed by atoms with van der Waals surface area (Å²) < 4.78 is 11.4. The number of ether oxygens (including phenoxy) is 2. The summed E-state index contributed by atoms with van der Waals surface area (Å²) in [6, 6.07) is 2.62. The molecule has 6 rings (SSSR count). The molecule has 1 spiro atoms. The number of amides is 2. The number of rotatable bonds is 5. The van der Waals surface area contributed by atoms with Crippen LogP contribution in [-0.2, 0) is 10.2 Å². The molecule has 5 aliphatic rings. The van der Waals surface area contributed by atoms with Crippen LogP contribution in [0.25, 0.3) is 0 Å². The largest absolute Gasteiger partial charge is 0.492 e. The SMILES string of the molecule is CC1(C)CCOc2c(C(=O)NC3CN4C(N)=N[C@@H](CNC(=O)OC5CCCC5)[C@@H]5[NH+]=C(N)NC54C3(O)O)cccc21. The molecule has 0 bridgehead atoms. The Morgan fingerprint density at radius 3 is 2.78 bits per heavy atom. The van der Waals surface area contributed by atoms with E-state index in [2.05, 4.69) is 39.8 Å². The molecule has 4 atom stereocenters. The normalized spacial score (nSPS) is 31.0. The lowest BCUT2D eigenvalue weighted by molar-refractivity contribution is -0.521. The highest BCUT2D eigenvalue weighted by Gasteiger charge is 2.76. The molecule has 1 aromatic carbocycles. The van der Waals surface area contributed by atoms with Gasteiger partial charge in [0.2, 0.25) is 5.79 Å². The predicted octanol–water partition coefficient (Wildman–Crippen LogP) is -2.73. The van der Waals surface area contributed by atoms with Crippen molar-refractivity contribution in [3.8, 4) is 5.75 Å². The zero-order valence-electron chi connectivity index (χ0n) is 23.3. The van der Waals surface area contributed by atoms with Gasteiger partial charge in [-0.3, -0.25) is 20.4 Å². The first-order valence-electron chi connectivity index (χ1n) is 14.2. The van der Waals surface area contributed by atoms with Crippen LogP contribution in [0.1, 0.15) is 61.9 Å². The van der Waals surface area contributed by atoms with Crippen LogP contribution in [-0.4, -0.2) is 94.4 Å². The molecule has 1 saturated heterocycles. The summed E-state index contributed by atoms with van der Waals surface area (Å²) in [5.41, 5.74) is 11.8. The van der Waals surface area contributed by atoms with E-state index in [0.29, 0.717) is 17.9 Å². The molecule has 0 radical (unpaired) electrons. The molecule has 1 saturated carbocycles. The number of carbonyl (C=O) groups excluding carboxylic acids is 2. The summed E-state index contributed by atoms with van der Waals surface area (Å²) >= 11 is 0. The highest BCUT2D eigenvalue weighted by Crippen LogP contribution is 2.43. The maximum Gasteiger partial charge on any atom is 0.407 e. The van der Waals surface area contributed by atoms with Gasteiger partial charge in [0.1, 0.15) is 23.9 Å². The number of hydrogen-bond donors (Lipinski definition) is 8. The zero-order valence-corrected chi connectivity index (χ0v) is 23.3. The number of hydrogen-bond acceptors (Lipinski definition) is 11. The third-order valence-corrected chi connectivity index (χ3v) is 9.18. The lowest BCUT2D eigenvalue weighted by atomic mass is 9.79. The molecule has 2 unspecified atom stereocenters.